The van der Waals surface area contributed by atoms with E-state index in [4.69, 9.17) is 5.11 Å². The van der Waals surface area contributed by atoms with E-state index in [0.29, 0.717) is 5.92 Å². The zero-order valence-corrected chi connectivity index (χ0v) is 11.1. The Morgan fingerprint density at radius 1 is 1.53 bits per heavy atom. The van der Waals surface area contributed by atoms with Crippen molar-refractivity contribution in [3.63, 3.8) is 0 Å². The second kappa shape index (κ2) is 4.90. The molecule has 0 heterocycles. The minimum absolute atomic E-state index is 0.103. The van der Waals surface area contributed by atoms with Gasteiger partial charge in [-0.2, -0.15) is 0 Å². The predicted molar refractivity (Wildman–Crippen MR) is 65.9 cm³/mol. The fourth-order valence-electron chi connectivity index (χ4n) is 1.95. The molecule has 2 unspecified atom stereocenters. The lowest BCUT2D eigenvalue weighted by Gasteiger charge is -2.07. The van der Waals surface area contributed by atoms with Gasteiger partial charge in [0.2, 0.25) is 10.0 Å². The van der Waals surface area contributed by atoms with Crippen molar-refractivity contribution < 1.29 is 22.7 Å². The Balaban J connectivity index is 2.26. The average molecular weight is 287 g/mol. The van der Waals surface area contributed by atoms with Gasteiger partial charge in [0.05, 0.1) is 10.5 Å². The number of carboxylic acid groups (broad SMARTS) is 1. The van der Waals surface area contributed by atoms with Crippen LogP contribution in [-0.4, -0.2) is 25.5 Å². The fraction of sp³-hybridized carbons (Fsp3) is 0.417. The number of hydrogen-bond donors (Lipinski definition) is 2. The summed E-state index contributed by atoms with van der Waals surface area (Å²) in [5, 5.41) is 8.77. The van der Waals surface area contributed by atoms with Crippen molar-refractivity contribution in [1.29, 1.82) is 0 Å². The molecule has 1 aromatic carbocycles. The van der Waals surface area contributed by atoms with Crippen molar-refractivity contribution in [2.45, 2.75) is 30.7 Å². The Bertz CT molecular complexity index is 614. The first-order valence-electron chi connectivity index (χ1n) is 5.90. The Morgan fingerprint density at radius 2 is 2.21 bits per heavy atom. The quantitative estimate of drug-likeness (QED) is 0.861. The normalized spacial score (nSPS) is 22.2. The molecule has 2 atom stereocenters. The molecule has 0 radical (unpaired) electrons. The highest BCUT2D eigenvalue weighted by atomic mass is 32.2. The molecule has 1 aliphatic carbocycles. The van der Waals surface area contributed by atoms with Crippen molar-refractivity contribution in [2.75, 3.05) is 0 Å². The number of nitrogens with one attached hydrogen (secondary N) is 1. The molecule has 2 rings (SSSR count). The van der Waals surface area contributed by atoms with Crippen LogP contribution in [0.25, 0.3) is 0 Å². The monoisotopic (exact) mass is 287 g/mol. The molecule has 0 bridgehead atoms. The van der Waals surface area contributed by atoms with Gasteiger partial charge in [0.25, 0.3) is 0 Å². The van der Waals surface area contributed by atoms with Crippen LogP contribution in [0.15, 0.2) is 23.1 Å². The van der Waals surface area contributed by atoms with E-state index in [1.165, 1.54) is 0 Å². The summed E-state index contributed by atoms with van der Waals surface area (Å²) in [4.78, 5) is 10.5. The fourth-order valence-corrected chi connectivity index (χ4v) is 3.29. The van der Waals surface area contributed by atoms with E-state index in [1.807, 2.05) is 6.92 Å². The second-order valence-corrected chi connectivity index (χ2v) is 6.29. The van der Waals surface area contributed by atoms with Crippen LogP contribution in [0, 0.1) is 11.7 Å². The molecule has 0 aliphatic heterocycles. The Kier molecular flexibility index (Phi) is 3.60. The number of sulfonamides is 1. The van der Waals surface area contributed by atoms with Crippen LogP contribution < -0.4 is 4.72 Å². The van der Waals surface area contributed by atoms with Crippen LogP contribution in [-0.2, 0) is 10.0 Å². The molecular weight excluding hydrogens is 273 g/mol. The molecule has 19 heavy (non-hydrogen) atoms. The van der Waals surface area contributed by atoms with E-state index in [0.717, 1.165) is 31.0 Å². The minimum atomic E-state index is -3.79. The summed E-state index contributed by atoms with van der Waals surface area (Å²) in [7, 11) is -3.79. The van der Waals surface area contributed by atoms with E-state index in [9.17, 15) is 17.6 Å². The highest BCUT2D eigenvalue weighted by Crippen LogP contribution is 2.34. The molecule has 1 saturated carbocycles. The first-order valence-corrected chi connectivity index (χ1v) is 7.38. The Hall–Kier alpha value is -1.47. The highest BCUT2D eigenvalue weighted by molar-refractivity contribution is 7.89. The van der Waals surface area contributed by atoms with Gasteiger partial charge in [0.1, 0.15) is 5.82 Å². The van der Waals surface area contributed by atoms with Crippen molar-refractivity contribution >= 4 is 16.0 Å². The first kappa shape index (κ1) is 14.0. The Morgan fingerprint density at radius 3 is 2.74 bits per heavy atom. The number of rotatable bonds is 5. The first-order chi connectivity index (χ1) is 8.85. The molecule has 0 amide bonds. The topological polar surface area (TPSA) is 83.5 Å². The lowest BCUT2D eigenvalue weighted by Crippen LogP contribution is -2.27. The van der Waals surface area contributed by atoms with Crippen LogP contribution in [0.3, 0.4) is 0 Å². The van der Waals surface area contributed by atoms with Crippen LogP contribution in [0.1, 0.15) is 30.1 Å². The van der Waals surface area contributed by atoms with Gasteiger partial charge in [-0.15, -0.1) is 0 Å². The van der Waals surface area contributed by atoms with Crippen molar-refractivity contribution in [1.82, 2.24) is 4.72 Å². The van der Waals surface area contributed by atoms with Gasteiger partial charge in [-0.1, -0.05) is 13.3 Å². The number of carbonyl (C=O) groups is 1. The molecule has 0 aromatic heterocycles. The average Bonchev–Trinajstić information content (AvgIpc) is 3.06. The molecule has 0 spiro atoms. The van der Waals surface area contributed by atoms with Gasteiger partial charge in [-0.25, -0.2) is 22.3 Å². The van der Waals surface area contributed by atoms with E-state index in [2.05, 4.69) is 4.72 Å². The molecule has 104 valence electrons. The number of benzene rings is 1. The van der Waals surface area contributed by atoms with Gasteiger partial charge in [-0.05, 0) is 30.5 Å². The Labute approximate surface area is 110 Å². The maximum absolute atomic E-state index is 13.2. The summed E-state index contributed by atoms with van der Waals surface area (Å²) in [6.45, 7) is 1.97. The van der Waals surface area contributed by atoms with E-state index in [-0.39, 0.29) is 10.9 Å². The number of halogens is 1. The van der Waals surface area contributed by atoms with Gasteiger partial charge in [0, 0.05) is 6.04 Å². The lowest BCUT2D eigenvalue weighted by atomic mass is 10.2. The third-order valence-corrected chi connectivity index (χ3v) is 4.72. The van der Waals surface area contributed by atoms with Gasteiger partial charge in [-0.3, -0.25) is 0 Å². The van der Waals surface area contributed by atoms with E-state index in [1.54, 1.807) is 0 Å². The summed E-state index contributed by atoms with van der Waals surface area (Å²) < 4.78 is 39.7. The van der Waals surface area contributed by atoms with E-state index < -0.39 is 27.4 Å². The lowest BCUT2D eigenvalue weighted by molar-refractivity contribution is 0.0691. The summed E-state index contributed by atoms with van der Waals surface area (Å²) in [5.41, 5.74) is -0.647. The van der Waals surface area contributed by atoms with Crippen LogP contribution >= 0.6 is 0 Å². The SMILES string of the molecule is CCC1CC1NS(=O)(=O)c1ccc(F)c(C(=O)O)c1. The van der Waals surface area contributed by atoms with Gasteiger partial charge >= 0.3 is 5.97 Å². The van der Waals surface area contributed by atoms with Gasteiger partial charge < -0.3 is 5.11 Å². The molecule has 1 fully saturated rings. The third-order valence-electron chi connectivity index (χ3n) is 3.23. The van der Waals surface area contributed by atoms with E-state index >= 15 is 0 Å². The molecule has 1 aliphatic rings. The van der Waals surface area contributed by atoms with Gasteiger partial charge in [0.15, 0.2) is 0 Å². The number of aromatic carboxylic acids is 1. The van der Waals surface area contributed by atoms with Crippen molar-refractivity contribution in [3.8, 4) is 0 Å². The molecule has 5 nitrogen and oxygen atoms in total. The molecule has 1 aromatic rings. The number of carboxylic acids is 1. The van der Waals surface area contributed by atoms with Crippen LogP contribution in [0.5, 0.6) is 0 Å². The summed E-state index contributed by atoms with van der Waals surface area (Å²) >= 11 is 0. The van der Waals surface area contributed by atoms with Crippen molar-refractivity contribution in [2.24, 2.45) is 5.92 Å². The minimum Gasteiger partial charge on any atom is -0.478 e. The summed E-state index contributed by atoms with van der Waals surface area (Å²) in [5.74, 6) is -2.12. The third kappa shape index (κ3) is 2.93. The standard InChI is InChI=1S/C12H14FNO4S/c1-2-7-5-11(7)14-19(17,18)8-3-4-10(13)9(6-8)12(15)16/h3-4,6-7,11,14H,2,5H2,1H3,(H,15,16). The predicted octanol–water partition coefficient (Wildman–Crippen LogP) is 1.60. The number of hydrogen-bond acceptors (Lipinski definition) is 3. The second-order valence-electron chi connectivity index (χ2n) is 4.58. The van der Waals surface area contributed by atoms with Crippen molar-refractivity contribution in [3.05, 3.63) is 29.6 Å². The molecule has 7 heteroatoms. The molecule has 2 N–H and O–H groups in total. The van der Waals surface area contributed by atoms with Crippen LogP contribution in [0.2, 0.25) is 0 Å². The smallest absolute Gasteiger partial charge is 0.338 e. The molecular formula is C12H14FNO4S. The molecule has 0 saturated heterocycles. The van der Waals surface area contributed by atoms with Crippen LogP contribution in [0.4, 0.5) is 4.39 Å². The summed E-state index contributed by atoms with van der Waals surface area (Å²) in [6, 6.07) is 2.65. The zero-order chi connectivity index (χ0) is 14.2. The maximum Gasteiger partial charge on any atom is 0.338 e. The highest BCUT2D eigenvalue weighted by Gasteiger charge is 2.38. The largest absolute Gasteiger partial charge is 0.478 e. The maximum atomic E-state index is 13.2. The summed E-state index contributed by atoms with van der Waals surface area (Å²) in [6.07, 6.45) is 1.67. The zero-order valence-electron chi connectivity index (χ0n) is 10.3.